The van der Waals surface area contributed by atoms with Crippen molar-refractivity contribution >= 4 is 17.7 Å². The molecule has 0 aromatic rings. The van der Waals surface area contributed by atoms with Crippen molar-refractivity contribution in [3.63, 3.8) is 0 Å². The predicted octanol–water partition coefficient (Wildman–Crippen LogP) is -1.00. The molecule has 10 atom stereocenters. The van der Waals surface area contributed by atoms with Crippen LogP contribution >= 0.6 is 0 Å². The van der Waals surface area contributed by atoms with Gasteiger partial charge in [-0.2, -0.15) is 0 Å². The summed E-state index contributed by atoms with van der Waals surface area (Å²) in [5.41, 5.74) is -3.88. The van der Waals surface area contributed by atoms with Crippen LogP contribution in [-0.4, -0.2) is 81.9 Å². The Kier molecular flexibility index (Phi) is 4.08. The molecule has 2 heterocycles. The number of aliphatic hydroxyl groups is 4. The van der Waals surface area contributed by atoms with Gasteiger partial charge in [-0.1, -0.05) is 6.92 Å². The monoisotopic (exact) mass is 438 g/mol. The van der Waals surface area contributed by atoms with E-state index in [4.69, 9.17) is 14.2 Å². The summed E-state index contributed by atoms with van der Waals surface area (Å²) in [5, 5.41) is 43.7. The summed E-state index contributed by atoms with van der Waals surface area (Å²) in [6, 6.07) is 0. The van der Waals surface area contributed by atoms with E-state index in [2.05, 4.69) is 0 Å². The Morgan fingerprint density at radius 2 is 1.87 bits per heavy atom. The molecule has 4 fully saturated rings. The zero-order valence-electron chi connectivity index (χ0n) is 17.4. The lowest BCUT2D eigenvalue weighted by Crippen LogP contribution is -2.79. The minimum absolute atomic E-state index is 0.105. The first-order chi connectivity index (χ1) is 14.5. The second kappa shape index (κ2) is 6.06. The molecule has 2 saturated heterocycles. The van der Waals surface area contributed by atoms with Gasteiger partial charge in [0.2, 0.25) is 0 Å². The van der Waals surface area contributed by atoms with E-state index >= 15 is 0 Å². The van der Waals surface area contributed by atoms with Crippen LogP contribution < -0.4 is 0 Å². The molecular weight excluding hydrogens is 412 g/mol. The third-order valence-electron chi connectivity index (χ3n) is 8.86. The predicted molar refractivity (Wildman–Crippen MR) is 99.2 cm³/mol. The van der Waals surface area contributed by atoms with E-state index < -0.39 is 76.3 Å². The lowest BCUT2D eigenvalue weighted by molar-refractivity contribution is -0.288. The Labute approximate surface area is 177 Å². The van der Waals surface area contributed by atoms with Crippen LogP contribution in [-0.2, 0) is 28.6 Å². The highest BCUT2D eigenvalue weighted by Crippen LogP contribution is 2.72. The van der Waals surface area contributed by atoms with Crippen LogP contribution in [0.15, 0.2) is 11.3 Å². The van der Waals surface area contributed by atoms with Crippen LogP contribution in [0.25, 0.3) is 0 Å². The number of Topliss-reactive ketones (excluding diaryl/α,β-unsaturated/α-hetero) is 1. The topological polar surface area (TPSA) is 160 Å². The highest BCUT2D eigenvalue weighted by atomic mass is 16.6. The first kappa shape index (κ1) is 20.9. The minimum atomic E-state index is -2.14. The molecule has 4 N–H and O–H groups in total. The van der Waals surface area contributed by atoms with Gasteiger partial charge < -0.3 is 34.6 Å². The number of carbonyl (C=O) groups is 3. The van der Waals surface area contributed by atoms with Gasteiger partial charge in [0.05, 0.1) is 25.7 Å². The lowest BCUT2D eigenvalue weighted by Gasteiger charge is -2.67. The summed E-state index contributed by atoms with van der Waals surface area (Å²) in [5.74, 6) is -5.28. The molecule has 2 unspecified atom stereocenters. The third kappa shape index (κ3) is 2.05. The van der Waals surface area contributed by atoms with Crippen molar-refractivity contribution < 1.29 is 49.0 Å². The lowest BCUT2D eigenvalue weighted by atomic mass is 9.38. The van der Waals surface area contributed by atoms with Crippen molar-refractivity contribution in [1.29, 1.82) is 0 Å². The molecule has 5 aliphatic rings. The second-order valence-corrected chi connectivity index (χ2v) is 9.87. The van der Waals surface area contributed by atoms with E-state index in [-0.39, 0.29) is 25.2 Å². The highest BCUT2D eigenvalue weighted by Gasteiger charge is 2.84. The number of allylic oxidation sites excluding steroid dienone is 2. The van der Waals surface area contributed by atoms with Gasteiger partial charge >= 0.3 is 11.9 Å². The van der Waals surface area contributed by atoms with Crippen LogP contribution in [0.3, 0.4) is 0 Å². The van der Waals surface area contributed by atoms with Crippen molar-refractivity contribution in [2.45, 2.75) is 56.7 Å². The molecule has 0 aromatic heterocycles. The normalized spacial score (nSPS) is 52.9. The number of fused-ring (bicyclic) bond motifs is 2. The standard InChI is InChI=1S/C21H26O10/c1-7-8-4-10-20-6-30-21(18(28)29-3,15(20)13(25)17(27)31-10)16(26)12(24)14(20)19(8,2)5-9(22)11(7)23/h8,10,12-16,23-26H,4-6H2,1-3H3/t8-,10+,12?,13+,14?,15+,16-,19+,20+,21+/m0/s1. The SMILES string of the molecule is COC(=O)[C@]12OC[C@]34C(C(O)[C@@H]1O)[C@]1(C)CC(=O)C(O)=C(C)[C@@H]1C[C@H]3OC(=O)[C@H](O)[C@@H]24. The van der Waals surface area contributed by atoms with E-state index in [1.807, 2.05) is 0 Å². The van der Waals surface area contributed by atoms with Gasteiger partial charge in [0.1, 0.15) is 12.2 Å². The Hall–Kier alpha value is -2.01. The van der Waals surface area contributed by atoms with Crippen LogP contribution in [0.1, 0.15) is 26.7 Å². The Bertz CT molecular complexity index is 927. The quantitative estimate of drug-likeness (QED) is 0.374. The van der Waals surface area contributed by atoms with Crippen molar-refractivity contribution in [3.05, 3.63) is 11.3 Å². The number of aliphatic hydroxyl groups excluding tert-OH is 4. The molecule has 10 nitrogen and oxygen atoms in total. The summed E-state index contributed by atoms with van der Waals surface area (Å²) >= 11 is 0. The fourth-order valence-electron chi connectivity index (χ4n) is 7.76. The maximum absolute atomic E-state index is 12.9. The summed E-state index contributed by atoms with van der Waals surface area (Å²) in [6.07, 6.45) is -5.87. The maximum Gasteiger partial charge on any atom is 0.341 e. The number of esters is 2. The van der Waals surface area contributed by atoms with Gasteiger partial charge in [0.25, 0.3) is 0 Å². The molecule has 5 rings (SSSR count). The molecular formula is C21H26O10. The largest absolute Gasteiger partial charge is 0.504 e. The number of hydrogen-bond acceptors (Lipinski definition) is 10. The number of rotatable bonds is 1. The molecule has 2 saturated carbocycles. The minimum Gasteiger partial charge on any atom is -0.504 e. The van der Waals surface area contributed by atoms with Crippen molar-refractivity contribution in [2.75, 3.05) is 13.7 Å². The van der Waals surface area contributed by atoms with Gasteiger partial charge in [-0.15, -0.1) is 0 Å². The number of ether oxygens (including phenoxy) is 3. The first-order valence-corrected chi connectivity index (χ1v) is 10.4. The Morgan fingerprint density at radius 3 is 2.52 bits per heavy atom. The summed E-state index contributed by atoms with van der Waals surface area (Å²) in [7, 11) is 1.09. The molecule has 10 heteroatoms. The van der Waals surface area contributed by atoms with Crippen molar-refractivity contribution in [1.82, 2.24) is 0 Å². The third-order valence-corrected chi connectivity index (χ3v) is 8.86. The summed E-state index contributed by atoms with van der Waals surface area (Å²) < 4.78 is 16.3. The number of ketones is 1. The van der Waals surface area contributed by atoms with Crippen LogP contribution in [0.5, 0.6) is 0 Å². The average molecular weight is 438 g/mol. The smallest absolute Gasteiger partial charge is 0.341 e. The van der Waals surface area contributed by atoms with Crippen molar-refractivity contribution in [2.24, 2.45) is 28.6 Å². The molecule has 2 bridgehead atoms. The zero-order valence-corrected chi connectivity index (χ0v) is 17.4. The first-order valence-electron chi connectivity index (χ1n) is 10.4. The summed E-state index contributed by atoms with van der Waals surface area (Å²) in [6.45, 7) is 3.24. The molecule has 0 amide bonds. The van der Waals surface area contributed by atoms with Gasteiger partial charge in [-0.3, -0.25) is 4.79 Å². The van der Waals surface area contributed by atoms with Crippen LogP contribution in [0, 0.1) is 28.6 Å². The van der Waals surface area contributed by atoms with Crippen LogP contribution in [0.2, 0.25) is 0 Å². The van der Waals surface area contributed by atoms with E-state index in [0.717, 1.165) is 7.11 Å². The fourth-order valence-corrected chi connectivity index (χ4v) is 7.76. The van der Waals surface area contributed by atoms with E-state index in [9.17, 15) is 34.8 Å². The van der Waals surface area contributed by atoms with Crippen molar-refractivity contribution in [3.8, 4) is 0 Å². The molecule has 170 valence electrons. The van der Waals surface area contributed by atoms with E-state index in [1.165, 1.54) is 0 Å². The highest BCUT2D eigenvalue weighted by molar-refractivity contribution is 5.95. The van der Waals surface area contributed by atoms with Gasteiger partial charge in [-0.25, -0.2) is 9.59 Å². The number of methoxy groups -OCH3 is 1. The summed E-state index contributed by atoms with van der Waals surface area (Å²) in [4.78, 5) is 38.1. The molecule has 2 aliphatic heterocycles. The number of hydrogen-bond donors (Lipinski definition) is 4. The Morgan fingerprint density at radius 1 is 1.19 bits per heavy atom. The van der Waals surface area contributed by atoms with Gasteiger partial charge in [-0.05, 0) is 30.3 Å². The van der Waals surface area contributed by atoms with E-state index in [0.29, 0.717) is 5.57 Å². The Balaban J connectivity index is 1.77. The fraction of sp³-hybridized carbons (Fsp3) is 0.762. The number of carbonyl (C=O) groups excluding carboxylic acids is 3. The molecule has 3 aliphatic carbocycles. The van der Waals surface area contributed by atoms with Gasteiger partial charge in [0, 0.05) is 17.8 Å². The second-order valence-electron chi connectivity index (χ2n) is 9.87. The molecule has 31 heavy (non-hydrogen) atoms. The molecule has 0 aromatic carbocycles. The molecule has 0 radical (unpaired) electrons. The average Bonchev–Trinajstić information content (AvgIpc) is 3.03. The van der Waals surface area contributed by atoms with Crippen LogP contribution in [0.4, 0.5) is 0 Å². The molecule has 1 spiro atoms. The zero-order chi connectivity index (χ0) is 22.7. The maximum atomic E-state index is 12.9. The van der Waals surface area contributed by atoms with Gasteiger partial charge in [0.15, 0.2) is 23.2 Å². The van der Waals surface area contributed by atoms with E-state index in [1.54, 1.807) is 13.8 Å².